The van der Waals surface area contributed by atoms with E-state index in [0.29, 0.717) is 31.7 Å². The summed E-state index contributed by atoms with van der Waals surface area (Å²) in [6.07, 6.45) is 4.16. The van der Waals surface area contributed by atoms with Crippen molar-refractivity contribution in [3.05, 3.63) is 144 Å². The molecule has 0 fully saturated rings. The van der Waals surface area contributed by atoms with Crippen LogP contribution in [0.25, 0.3) is 10.8 Å². The molecule has 37 heavy (non-hydrogen) atoms. The normalized spacial score (nSPS) is 10.8. The molecule has 0 saturated heterocycles. The molecule has 184 valence electrons. The van der Waals surface area contributed by atoms with Gasteiger partial charge in [-0.3, -0.25) is 9.78 Å². The van der Waals surface area contributed by atoms with Crippen LogP contribution in [0.3, 0.4) is 0 Å². The van der Waals surface area contributed by atoms with Crippen molar-refractivity contribution >= 4 is 16.7 Å². The first-order chi connectivity index (χ1) is 18.2. The lowest BCUT2D eigenvalue weighted by molar-refractivity contribution is 0.0732. The SMILES string of the molecule is O=C(c1cccc2ccccc12)N(Cc1ccncc1)Cc1cccc(OCCc2ccc(F)cc2)c1. The Morgan fingerprint density at radius 3 is 2.32 bits per heavy atom. The summed E-state index contributed by atoms with van der Waals surface area (Å²) in [6.45, 7) is 1.37. The zero-order valence-corrected chi connectivity index (χ0v) is 20.4. The van der Waals surface area contributed by atoms with E-state index in [1.807, 2.05) is 83.8 Å². The Labute approximate surface area is 216 Å². The van der Waals surface area contributed by atoms with Crippen LogP contribution in [0.15, 0.2) is 116 Å². The van der Waals surface area contributed by atoms with Gasteiger partial charge in [-0.2, -0.15) is 0 Å². The Kier molecular flexibility index (Phi) is 7.51. The third-order valence-corrected chi connectivity index (χ3v) is 6.27. The third kappa shape index (κ3) is 6.19. The zero-order chi connectivity index (χ0) is 25.5. The minimum Gasteiger partial charge on any atom is -0.493 e. The van der Waals surface area contributed by atoms with Gasteiger partial charge in [-0.25, -0.2) is 4.39 Å². The van der Waals surface area contributed by atoms with Gasteiger partial charge in [0.15, 0.2) is 0 Å². The summed E-state index contributed by atoms with van der Waals surface area (Å²) < 4.78 is 19.1. The van der Waals surface area contributed by atoms with E-state index in [1.54, 1.807) is 24.5 Å². The van der Waals surface area contributed by atoms with Gasteiger partial charge in [0, 0.05) is 37.5 Å². The molecule has 0 aliphatic rings. The lowest BCUT2D eigenvalue weighted by Crippen LogP contribution is -2.30. The number of pyridine rings is 1. The fraction of sp³-hybridized carbons (Fsp3) is 0.125. The molecule has 0 aliphatic heterocycles. The van der Waals surface area contributed by atoms with Gasteiger partial charge in [-0.05, 0) is 69.9 Å². The number of fused-ring (bicyclic) bond motifs is 1. The molecule has 5 aromatic rings. The molecule has 0 radical (unpaired) electrons. The summed E-state index contributed by atoms with van der Waals surface area (Å²) >= 11 is 0. The molecule has 0 unspecified atom stereocenters. The molecule has 0 spiro atoms. The Bertz CT molecular complexity index is 1480. The highest BCUT2D eigenvalue weighted by Crippen LogP contribution is 2.23. The van der Waals surface area contributed by atoms with Crippen LogP contribution in [-0.4, -0.2) is 22.4 Å². The summed E-state index contributed by atoms with van der Waals surface area (Å²) in [5.74, 6) is 0.462. The van der Waals surface area contributed by atoms with Crippen molar-refractivity contribution in [2.45, 2.75) is 19.5 Å². The highest BCUT2D eigenvalue weighted by atomic mass is 19.1. The average Bonchev–Trinajstić information content (AvgIpc) is 2.94. The van der Waals surface area contributed by atoms with Crippen molar-refractivity contribution in [2.75, 3.05) is 6.61 Å². The molecule has 1 amide bonds. The maximum atomic E-state index is 13.9. The number of carbonyl (C=O) groups is 1. The van der Waals surface area contributed by atoms with Crippen molar-refractivity contribution in [3.8, 4) is 5.75 Å². The molecule has 4 nitrogen and oxygen atoms in total. The number of halogens is 1. The number of aromatic nitrogens is 1. The first-order valence-corrected chi connectivity index (χ1v) is 12.3. The Balaban J connectivity index is 1.35. The number of nitrogens with zero attached hydrogens (tertiary/aromatic N) is 2. The second kappa shape index (κ2) is 11.5. The number of ether oxygens (including phenoxy) is 1. The first kappa shape index (κ1) is 24.2. The molecule has 0 N–H and O–H groups in total. The van der Waals surface area contributed by atoms with Gasteiger partial charge in [0.25, 0.3) is 5.91 Å². The van der Waals surface area contributed by atoms with E-state index in [2.05, 4.69) is 4.98 Å². The summed E-state index contributed by atoms with van der Waals surface area (Å²) in [5, 5.41) is 1.97. The van der Waals surface area contributed by atoms with Gasteiger partial charge < -0.3 is 9.64 Å². The smallest absolute Gasteiger partial charge is 0.255 e. The molecule has 0 saturated carbocycles. The van der Waals surface area contributed by atoms with Crippen molar-refractivity contribution in [1.82, 2.24) is 9.88 Å². The van der Waals surface area contributed by atoms with Crippen LogP contribution in [0.4, 0.5) is 4.39 Å². The van der Waals surface area contributed by atoms with E-state index in [-0.39, 0.29) is 11.7 Å². The Morgan fingerprint density at radius 2 is 1.49 bits per heavy atom. The number of hydrogen-bond acceptors (Lipinski definition) is 3. The van der Waals surface area contributed by atoms with Gasteiger partial charge in [0.1, 0.15) is 11.6 Å². The molecule has 1 aromatic heterocycles. The fourth-order valence-corrected chi connectivity index (χ4v) is 4.38. The molecule has 0 bridgehead atoms. The highest BCUT2D eigenvalue weighted by molar-refractivity contribution is 6.07. The minimum atomic E-state index is -0.244. The van der Waals surface area contributed by atoms with Crippen LogP contribution in [0.1, 0.15) is 27.0 Å². The number of hydrogen-bond donors (Lipinski definition) is 0. The zero-order valence-electron chi connectivity index (χ0n) is 20.4. The number of rotatable bonds is 9. The molecular formula is C32H27FN2O2. The van der Waals surface area contributed by atoms with Crippen molar-refractivity contribution in [1.29, 1.82) is 0 Å². The molecule has 0 aliphatic carbocycles. The summed E-state index contributed by atoms with van der Waals surface area (Å²) in [5.41, 5.74) is 3.68. The highest BCUT2D eigenvalue weighted by Gasteiger charge is 2.19. The Morgan fingerprint density at radius 1 is 0.757 bits per heavy atom. The monoisotopic (exact) mass is 490 g/mol. The second-order valence-corrected chi connectivity index (χ2v) is 8.92. The first-order valence-electron chi connectivity index (χ1n) is 12.3. The van der Waals surface area contributed by atoms with Crippen LogP contribution < -0.4 is 4.74 Å². The lowest BCUT2D eigenvalue weighted by Gasteiger charge is -2.24. The van der Waals surface area contributed by atoms with Gasteiger partial charge in [0.05, 0.1) is 6.61 Å². The Hall–Kier alpha value is -4.51. The van der Waals surface area contributed by atoms with Gasteiger partial charge in [-0.15, -0.1) is 0 Å². The van der Waals surface area contributed by atoms with Crippen LogP contribution in [0, 0.1) is 5.82 Å². The van der Waals surface area contributed by atoms with Crippen LogP contribution in [-0.2, 0) is 19.5 Å². The summed E-state index contributed by atoms with van der Waals surface area (Å²) in [6, 6.07) is 31.9. The largest absolute Gasteiger partial charge is 0.493 e. The van der Waals surface area contributed by atoms with E-state index in [1.165, 1.54) is 12.1 Å². The summed E-state index contributed by atoms with van der Waals surface area (Å²) in [4.78, 5) is 19.8. The number of benzene rings is 4. The van der Waals surface area contributed by atoms with Crippen molar-refractivity contribution < 1.29 is 13.9 Å². The number of carbonyl (C=O) groups excluding carboxylic acids is 1. The molecular weight excluding hydrogens is 463 g/mol. The van der Waals surface area contributed by atoms with Gasteiger partial charge >= 0.3 is 0 Å². The van der Waals surface area contributed by atoms with Crippen LogP contribution >= 0.6 is 0 Å². The van der Waals surface area contributed by atoms with Crippen molar-refractivity contribution in [2.24, 2.45) is 0 Å². The standard InChI is InChI=1S/C32H27FN2O2/c33-28-13-11-24(12-14-28)17-20-37-29-8-3-5-26(21-29)23-35(22-25-15-18-34-19-16-25)32(36)31-10-4-7-27-6-1-2-9-30(27)31/h1-16,18-19,21H,17,20,22-23H2. The number of amides is 1. The molecule has 4 aromatic carbocycles. The average molecular weight is 491 g/mol. The van der Waals surface area contributed by atoms with Crippen LogP contribution in [0.5, 0.6) is 5.75 Å². The van der Waals surface area contributed by atoms with Gasteiger partial charge in [-0.1, -0.05) is 60.7 Å². The van der Waals surface area contributed by atoms with E-state index >= 15 is 0 Å². The van der Waals surface area contributed by atoms with Gasteiger partial charge in [0.2, 0.25) is 0 Å². The quantitative estimate of drug-likeness (QED) is 0.227. The van der Waals surface area contributed by atoms with Crippen molar-refractivity contribution in [3.63, 3.8) is 0 Å². The van der Waals surface area contributed by atoms with E-state index in [9.17, 15) is 9.18 Å². The predicted octanol–water partition coefficient (Wildman–Crippen LogP) is 6.84. The molecule has 5 heteroatoms. The molecule has 1 heterocycles. The predicted molar refractivity (Wildman–Crippen MR) is 144 cm³/mol. The van der Waals surface area contributed by atoms with E-state index < -0.39 is 0 Å². The molecule has 5 rings (SSSR count). The summed E-state index contributed by atoms with van der Waals surface area (Å²) in [7, 11) is 0. The minimum absolute atomic E-state index is 0.0313. The van der Waals surface area contributed by atoms with E-state index in [4.69, 9.17) is 4.74 Å². The molecule has 0 atom stereocenters. The van der Waals surface area contributed by atoms with Crippen LogP contribution in [0.2, 0.25) is 0 Å². The van der Waals surface area contributed by atoms with E-state index in [0.717, 1.165) is 33.2 Å². The topological polar surface area (TPSA) is 42.4 Å². The lowest BCUT2D eigenvalue weighted by atomic mass is 10.0. The second-order valence-electron chi connectivity index (χ2n) is 8.92. The maximum absolute atomic E-state index is 13.9. The maximum Gasteiger partial charge on any atom is 0.255 e. The fourth-order valence-electron chi connectivity index (χ4n) is 4.38. The third-order valence-electron chi connectivity index (χ3n) is 6.27.